The first kappa shape index (κ1) is 8.68. The normalized spacial score (nSPS) is 18.9. The van der Waals surface area contributed by atoms with Crippen molar-refractivity contribution in [2.24, 2.45) is 4.99 Å². The van der Waals surface area contributed by atoms with Crippen LogP contribution in [-0.4, -0.2) is 10.5 Å². The van der Waals surface area contributed by atoms with Crippen molar-refractivity contribution in [2.75, 3.05) is 0 Å². The predicted octanol–water partition coefficient (Wildman–Crippen LogP) is 3.55. The summed E-state index contributed by atoms with van der Waals surface area (Å²) in [6.07, 6.45) is 1.96. The van der Waals surface area contributed by atoms with Crippen LogP contribution in [0.25, 0.3) is 0 Å². The van der Waals surface area contributed by atoms with Gasteiger partial charge in [-0.3, -0.25) is 0 Å². The van der Waals surface area contributed by atoms with Gasteiger partial charge in [0.1, 0.15) is 0 Å². The summed E-state index contributed by atoms with van der Waals surface area (Å²) in [5.74, 6) is 0. The van der Waals surface area contributed by atoms with E-state index in [1.165, 1.54) is 9.54 Å². The molecule has 3 heteroatoms. The molecule has 1 atom stereocenters. The quantitative estimate of drug-likeness (QED) is 0.650. The SMILES string of the molecule is C1=Nc2ccccc2S1=c1cccc[nH]1. The van der Waals surface area contributed by atoms with E-state index in [4.69, 9.17) is 0 Å². The molecule has 0 bridgehead atoms. The minimum atomic E-state index is -0.0128. The lowest BCUT2D eigenvalue weighted by atomic mass is 10.3. The van der Waals surface area contributed by atoms with E-state index < -0.39 is 0 Å². The van der Waals surface area contributed by atoms with Gasteiger partial charge in [0, 0.05) is 11.1 Å². The number of H-pyrrole nitrogens is 1. The molecule has 2 heterocycles. The summed E-state index contributed by atoms with van der Waals surface area (Å²) in [6.45, 7) is 0. The number of hydrogen-bond donors (Lipinski definition) is 1. The van der Waals surface area contributed by atoms with E-state index >= 15 is 0 Å². The summed E-state index contributed by atoms with van der Waals surface area (Å²) in [4.78, 5) is 9.00. The van der Waals surface area contributed by atoms with E-state index in [9.17, 15) is 0 Å². The maximum atomic E-state index is 4.42. The minimum absolute atomic E-state index is 0.0128. The van der Waals surface area contributed by atoms with Gasteiger partial charge in [-0.25, -0.2) is 4.99 Å². The van der Waals surface area contributed by atoms with Gasteiger partial charge < -0.3 is 4.98 Å². The first-order valence-electron chi connectivity index (χ1n) is 4.78. The summed E-state index contributed by atoms with van der Waals surface area (Å²) in [6, 6.07) is 14.4. The molecule has 0 saturated heterocycles. The average Bonchev–Trinajstić information content (AvgIpc) is 2.74. The molecule has 0 spiro atoms. The smallest absolute Gasteiger partial charge is 0.0771 e. The van der Waals surface area contributed by atoms with Crippen LogP contribution < -0.4 is 0 Å². The van der Waals surface area contributed by atoms with Gasteiger partial charge in [0.25, 0.3) is 0 Å². The molecule has 3 rings (SSSR count). The summed E-state index contributed by atoms with van der Waals surface area (Å²) >= 11 is 0. The molecule has 1 aliphatic rings. The molecule has 2 aromatic rings. The Hall–Kier alpha value is -1.61. The zero-order valence-corrected chi connectivity index (χ0v) is 8.87. The second-order valence-corrected chi connectivity index (χ2v) is 5.03. The number of fused-ring (bicyclic) bond motifs is 1. The number of nitrogens with one attached hydrogen (secondary N) is 1. The van der Waals surface area contributed by atoms with Crippen LogP contribution in [0.2, 0.25) is 0 Å². The first-order valence-corrected chi connectivity index (χ1v) is 6.07. The lowest BCUT2D eigenvalue weighted by Crippen LogP contribution is -1.76. The third kappa shape index (κ3) is 1.45. The maximum Gasteiger partial charge on any atom is 0.0771 e. The molecule has 2 nitrogen and oxygen atoms in total. The van der Waals surface area contributed by atoms with E-state index in [0.29, 0.717) is 0 Å². The lowest BCUT2D eigenvalue weighted by Gasteiger charge is -1.99. The van der Waals surface area contributed by atoms with E-state index in [1.807, 2.05) is 29.9 Å². The van der Waals surface area contributed by atoms with Gasteiger partial charge in [-0.05, 0) is 24.3 Å². The molecular formula is C12H10N2S. The van der Waals surface area contributed by atoms with Crippen molar-refractivity contribution in [1.29, 1.82) is 0 Å². The van der Waals surface area contributed by atoms with Crippen molar-refractivity contribution in [3.8, 4) is 0 Å². The highest BCUT2D eigenvalue weighted by atomic mass is 32.2. The van der Waals surface area contributed by atoms with Gasteiger partial charge in [0.2, 0.25) is 0 Å². The molecular weight excluding hydrogens is 204 g/mol. The fourth-order valence-electron chi connectivity index (χ4n) is 1.60. The number of nitrogens with zero attached hydrogens (tertiary/aromatic N) is 1. The number of hydrogen-bond acceptors (Lipinski definition) is 1. The summed E-state index contributed by atoms with van der Waals surface area (Å²) in [5, 5.41) is 0. The zero-order valence-electron chi connectivity index (χ0n) is 8.05. The van der Waals surface area contributed by atoms with Crippen molar-refractivity contribution in [1.82, 2.24) is 4.98 Å². The van der Waals surface area contributed by atoms with Crippen molar-refractivity contribution in [3.63, 3.8) is 0 Å². The molecule has 1 aliphatic heterocycles. The highest BCUT2D eigenvalue weighted by molar-refractivity contribution is 8.21. The van der Waals surface area contributed by atoms with Crippen LogP contribution in [0.5, 0.6) is 0 Å². The van der Waals surface area contributed by atoms with Crippen molar-refractivity contribution < 1.29 is 0 Å². The summed E-state index contributed by atoms with van der Waals surface area (Å²) in [5.41, 5.74) is 3.12. The van der Waals surface area contributed by atoms with E-state index in [-0.39, 0.29) is 10.5 Å². The average molecular weight is 214 g/mol. The van der Waals surface area contributed by atoms with Crippen molar-refractivity contribution in [3.05, 3.63) is 53.3 Å². The van der Waals surface area contributed by atoms with Gasteiger partial charge in [-0.2, -0.15) is 0 Å². The Labute approximate surface area is 90.3 Å². The fraction of sp³-hybridized carbons (Fsp3) is 0. The molecule has 74 valence electrons. The summed E-state index contributed by atoms with van der Waals surface area (Å²) in [7, 11) is -0.0128. The van der Waals surface area contributed by atoms with Gasteiger partial charge in [-0.1, -0.05) is 28.7 Å². The van der Waals surface area contributed by atoms with E-state index in [1.54, 1.807) is 0 Å². The standard InChI is InChI=1S/C12H10N2S/c1-2-6-11-10(5-1)14-9-15(11)12-7-3-4-8-13-12/h1-9,13H. The van der Waals surface area contributed by atoms with Crippen LogP contribution in [-0.2, 0) is 0 Å². The maximum absolute atomic E-state index is 4.42. The van der Waals surface area contributed by atoms with Crippen LogP contribution >= 0.6 is 10.5 Å². The highest BCUT2D eigenvalue weighted by Gasteiger charge is 2.09. The Balaban J connectivity index is 2.33. The Morgan fingerprint density at radius 3 is 2.73 bits per heavy atom. The Bertz CT molecular complexity index is 579. The molecule has 1 N–H and O–H groups in total. The number of benzene rings is 1. The molecule has 1 aromatic carbocycles. The van der Waals surface area contributed by atoms with E-state index in [0.717, 1.165) is 5.69 Å². The Morgan fingerprint density at radius 1 is 1.00 bits per heavy atom. The second kappa shape index (κ2) is 3.51. The van der Waals surface area contributed by atoms with Gasteiger partial charge >= 0.3 is 0 Å². The topological polar surface area (TPSA) is 28.1 Å². The van der Waals surface area contributed by atoms with E-state index in [2.05, 4.69) is 34.2 Å². The van der Waals surface area contributed by atoms with Gasteiger partial charge in [0.05, 0.1) is 15.9 Å². The van der Waals surface area contributed by atoms with Crippen LogP contribution in [0.1, 0.15) is 0 Å². The molecule has 0 aliphatic carbocycles. The second-order valence-electron chi connectivity index (χ2n) is 3.27. The van der Waals surface area contributed by atoms with Gasteiger partial charge in [-0.15, -0.1) is 0 Å². The lowest BCUT2D eigenvalue weighted by molar-refractivity contribution is 1.29. The first-order chi connectivity index (χ1) is 7.45. The predicted molar refractivity (Wildman–Crippen MR) is 64.5 cm³/mol. The fourth-order valence-corrected chi connectivity index (χ4v) is 3.28. The molecule has 15 heavy (non-hydrogen) atoms. The van der Waals surface area contributed by atoms with Crippen LogP contribution in [0.4, 0.5) is 5.69 Å². The largest absolute Gasteiger partial charge is 0.357 e. The number of para-hydroxylation sites is 1. The number of aromatic amines is 1. The third-order valence-corrected chi connectivity index (χ3v) is 4.18. The Morgan fingerprint density at radius 2 is 1.87 bits per heavy atom. The molecule has 0 saturated carbocycles. The number of aliphatic imine (C=N–C) groups is 1. The third-order valence-electron chi connectivity index (χ3n) is 2.32. The number of rotatable bonds is 0. The molecule has 1 unspecified atom stereocenters. The van der Waals surface area contributed by atoms with Crippen molar-refractivity contribution in [2.45, 2.75) is 4.90 Å². The van der Waals surface area contributed by atoms with Crippen LogP contribution in [0.15, 0.2) is 58.5 Å². The monoisotopic (exact) mass is 214 g/mol. The Kier molecular flexibility index (Phi) is 2.03. The number of aromatic nitrogens is 1. The van der Waals surface area contributed by atoms with Crippen molar-refractivity contribution >= 4 is 21.7 Å². The number of pyridine rings is 1. The molecule has 0 amide bonds. The highest BCUT2D eigenvalue weighted by Crippen LogP contribution is 2.40. The molecule has 0 fully saturated rings. The van der Waals surface area contributed by atoms with Gasteiger partial charge in [0.15, 0.2) is 0 Å². The molecule has 0 radical (unpaired) electrons. The molecule has 1 aromatic heterocycles. The zero-order chi connectivity index (χ0) is 10.1. The summed E-state index contributed by atoms with van der Waals surface area (Å²) < 4.78 is 1.21. The minimum Gasteiger partial charge on any atom is -0.357 e. The van der Waals surface area contributed by atoms with Crippen LogP contribution in [0, 0.1) is 4.64 Å². The van der Waals surface area contributed by atoms with Crippen LogP contribution in [0.3, 0.4) is 0 Å².